The summed E-state index contributed by atoms with van der Waals surface area (Å²) in [5.41, 5.74) is 1.17. The summed E-state index contributed by atoms with van der Waals surface area (Å²) in [6.07, 6.45) is 7.60. The van der Waals surface area contributed by atoms with Gasteiger partial charge in [-0.25, -0.2) is 4.79 Å². The molecule has 0 unspecified atom stereocenters. The Hall–Kier alpha value is -2.88. The minimum Gasteiger partial charge on any atom is -0.481 e. The molecule has 0 atom stereocenters. The lowest BCUT2D eigenvalue weighted by molar-refractivity contribution is -0.137. The van der Waals surface area contributed by atoms with Gasteiger partial charge >= 0.3 is 11.9 Å². The van der Waals surface area contributed by atoms with Crippen LogP contribution in [0.15, 0.2) is 74.4 Å². The van der Waals surface area contributed by atoms with Crippen LogP contribution in [0.3, 0.4) is 0 Å². The average molecular weight is 302 g/mol. The minimum atomic E-state index is -1.05. The van der Waals surface area contributed by atoms with Crippen LogP contribution >= 0.6 is 0 Å². The summed E-state index contributed by atoms with van der Waals surface area (Å²) in [6.45, 7) is 10.4. The molecule has 0 bridgehead atoms. The van der Waals surface area contributed by atoms with E-state index in [2.05, 4.69) is 19.7 Å². The summed E-state index contributed by atoms with van der Waals surface area (Å²) in [4.78, 5) is 19.7. The largest absolute Gasteiger partial charge is 0.481 e. The maximum absolute atomic E-state index is 9.86. The second-order valence-corrected chi connectivity index (χ2v) is 3.76. The lowest BCUT2D eigenvalue weighted by Crippen LogP contribution is -1.92. The summed E-state index contributed by atoms with van der Waals surface area (Å²) in [7, 11) is 0. The van der Waals surface area contributed by atoms with Crippen LogP contribution in [0.25, 0.3) is 6.08 Å². The van der Waals surface area contributed by atoms with Crippen LogP contribution in [0.2, 0.25) is 0 Å². The fraction of sp³-hybridized carbons (Fsp3) is 0.111. The van der Waals surface area contributed by atoms with Gasteiger partial charge in [-0.1, -0.05) is 74.4 Å². The Kier molecular flexibility index (Phi) is 15.7. The maximum Gasteiger partial charge on any atom is 0.327 e. The molecule has 1 rings (SSSR count). The molecule has 0 aliphatic carbocycles. The standard InChI is InChI=1S/C8H8.C6H8O4.C4H6/c1-2-8-6-4-3-5-7-8;7-5(8)3-1-2-4-6(9)10;1-3-4-2/h2-7H,1H2;1,3H,2,4H2,(H,7,8)(H,9,10);3-4H,1-2H2. The third-order valence-electron chi connectivity index (χ3n) is 1.99. The SMILES string of the molecule is C=CC=C.C=Cc1ccccc1.O=C(O)C=CCCC(=O)O. The molecule has 2 N–H and O–H groups in total. The van der Waals surface area contributed by atoms with Crippen molar-refractivity contribution in [2.45, 2.75) is 12.8 Å². The first-order valence-electron chi connectivity index (χ1n) is 6.50. The average Bonchev–Trinajstić information content (AvgIpc) is 2.53. The molecule has 0 aromatic heterocycles. The zero-order chi connectivity index (χ0) is 17.2. The Morgan fingerprint density at radius 1 is 1.00 bits per heavy atom. The molecule has 0 heterocycles. The first kappa shape index (κ1) is 21.4. The summed E-state index contributed by atoms with van der Waals surface area (Å²) < 4.78 is 0. The van der Waals surface area contributed by atoms with Crippen LogP contribution in [0, 0.1) is 0 Å². The van der Waals surface area contributed by atoms with Gasteiger partial charge in [-0.2, -0.15) is 0 Å². The number of hydrogen-bond acceptors (Lipinski definition) is 2. The first-order chi connectivity index (χ1) is 10.5. The number of rotatable bonds is 6. The number of carboxylic acids is 2. The van der Waals surface area contributed by atoms with Crippen LogP contribution in [0.4, 0.5) is 0 Å². The van der Waals surface area contributed by atoms with E-state index in [9.17, 15) is 9.59 Å². The summed E-state index contributed by atoms with van der Waals surface area (Å²) in [5, 5.41) is 16.1. The van der Waals surface area contributed by atoms with Crippen LogP contribution in [-0.4, -0.2) is 22.2 Å². The van der Waals surface area contributed by atoms with Crippen molar-refractivity contribution in [1.29, 1.82) is 0 Å². The molecule has 0 saturated heterocycles. The lowest BCUT2D eigenvalue weighted by atomic mass is 10.2. The van der Waals surface area contributed by atoms with Crippen LogP contribution in [-0.2, 0) is 9.59 Å². The molecule has 4 nitrogen and oxygen atoms in total. The Morgan fingerprint density at radius 3 is 1.86 bits per heavy atom. The zero-order valence-corrected chi connectivity index (χ0v) is 12.5. The second-order valence-electron chi connectivity index (χ2n) is 3.76. The highest BCUT2D eigenvalue weighted by Gasteiger charge is 1.92. The summed E-state index contributed by atoms with van der Waals surface area (Å²) in [6, 6.07) is 10.0. The molecule has 0 spiro atoms. The third-order valence-corrected chi connectivity index (χ3v) is 1.99. The van der Waals surface area contributed by atoms with Crippen molar-refractivity contribution < 1.29 is 19.8 Å². The van der Waals surface area contributed by atoms with Gasteiger partial charge in [0.05, 0.1) is 0 Å². The van der Waals surface area contributed by atoms with Gasteiger partial charge in [-0.15, -0.1) is 0 Å². The Morgan fingerprint density at radius 2 is 1.55 bits per heavy atom. The van der Waals surface area contributed by atoms with E-state index in [0.717, 1.165) is 6.08 Å². The quantitative estimate of drug-likeness (QED) is 0.610. The fourth-order valence-corrected chi connectivity index (χ4v) is 0.980. The van der Waals surface area contributed by atoms with E-state index in [1.165, 1.54) is 11.6 Å². The Bertz CT molecular complexity index is 481. The summed E-state index contributed by atoms with van der Waals surface area (Å²) in [5.74, 6) is -1.97. The van der Waals surface area contributed by atoms with E-state index in [4.69, 9.17) is 10.2 Å². The normalized spacial score (nSPS) is 8.55. The molecule has 1 aromatic rings. The first-order valence-corrected chi connectivity index (χ1v) is 6.50. The molecule has 4 heteroatoms. The van der Waals surface area contributed by atoms with Crippen molar-refractivity contribution >= 4 is 18.0 Å². The Balaban J connectivity index is 0. The third kappa shape index (κ3) is 19.5. The highest BCUT2D eigenvalue weighted by atomic mass is 16.4. The van der Waals surface area contributed by atoms with Gasteiger partial charge in [0, 0.05) is 12.5 Å². The number of allylic oxidation sites excluding steroid dienone is 3. The molecular formula is C18H22O4. The van der Waals surface area contributed by atoms with Gasteiger partial charge in [-0.3, -0.25) is 4.79 Å². The lowest BCUT2D eigenvalue weighted by Gasteiger charge is -1.85. The second kappa shape index (κ2) is 16.2. The molecule has 0 aliphatic rings. The molecular weight excluding hydrogens is 280 g/mol. The summed E-state index contributed by atoms with van der Waals surface area (Å²) >= 11 is 0. The molecule has 0 radical (unpaired) electrons. The van der Waals surface area contributed by atoms with Gasteiger partial charge < -0.3 is 10.2 Å². The number of hydrogen-bond donors (Lipinski definition) is 2. The van der Waals surface area contributed by atoms with E-state index >= 15 is 0 Å². The van der Waals surface area contributed by atoms with Gasteiger partial charge in [0.2, 0.25) is 0 Å². The van der Waals surface area contributed by atoms with Crippen molar-refractivity contribution in [3.8, 4) is 0 Å². The van der Waals surface area contributed by atoms with Crippen LogP contribution in [0.5, 0.6) is 0 Å². The maximum atomic E-state index is 9.86. The van der Waals surface area contributed by atoms with E-state index in [1.807, 2.05) is 36.4 Å². The smallest absolute Gasteiger partial charge is 0.327 e. The topological polar surface area (TPSA) is 74.6 Å². The highest BCUT2D eigenvalue weighted by molar-refractivity contribution is 5.79. The monoisotopic (exact) mass is 302 g/mol. The molecule has 22 heavy (non-hydrogen) atoms. The van der Waals surface area contributed by atoms with Gasteiger partial charge in [0.1, 0.15) is 0 Å². The number of carboxylic acid groups (broad SMARTS) is 2. The molecule has 0 aliphatic heterocycles. The molecule has 0 amide bonds. The van der Waals surface area contributed by atoms with Crippen LogP contribution in [0.1, 0.15) is 18.4 Å². The van der Waals surface area contributed by atoms with E-state index < -0.39 is 11.9 Å². The fourth-order valence-electron chi connectivity index (χ4n) is 0.980. The van der Waals surface area contributed by atoms with Crippen molar-refractivity contribution in [2.24, 2.45) is 0 Å². The molecule has 1 aromatic carbocycles. The zero-order valence-electron chi connectivity index (χ0n) is 12.5. The van der Waals surface area contributed by atoms with Gasteiger partial charge in [-0.05, 0) is 12.0 Å². The van der Waals surface area contributed by atoms with Gasteiger partial charge in [0.25, 0.3) is 0 Å². The van der Waals surface area contributed by atoms with E-state index in [-0.39, 0.29) is 12.8 Å². The van der Waals surface area contributed by atoms with Gasteiger partial charge in [0.15, 0.2) is 0 Å². The van der Waals surface area contributed by atoms with Crippen molar-refractivity contribution in [2.75, 3.05) is 0 Å². The Labute approximate surface area is 131 Å². The molecule has 118 valence electrons. The van der Waals surface area contributed by atoms with E-state index in [1.54, 1.807) is 12.2 Å². The van der Waals surface area contributed by atoms with Crippen LogP contribution < -0.4 is 0 Å². The van der Waals surface area contributed by atoms with Crippen molar-refractivity contribution in [1.82, 2.24) is 0 Å². The number of benzene rings is 1. The number of carbonyl (C=O) groups is 2. The predicted molar refractivity (Wildman–Crippen MR) is 90.6 cm³/mol. The van der Waals surface area contributed by atoms with E-state index in [0.29, 0.717) is 0 Å². The minimum absolute atomic E-state index is 0.0240. The molecule has 0 saturated carbocycles. The van der Waals surface area contributed by atoms with Crippen molar-refractivity contribution in [3.05, 3.63) is 79.9 Å². The predicted octanol–water partition coefficient (Wildman–Crippen LogP) is 4.18. The molecule has 0 fully saturated rings. The highest BCUT2D eigenvalue weighted by Crippen LogP contribution is 1.97. The van der Waals surface area contributed by atoms with Crippen molar-refractivity contribution in [3.63, 3.8) is 0 Å². The number of aliphatic carboxylic acids is 2.